The molecule has 0 radical (unpaired) electrons. The van der Waals surface area contributed by atoms with Crippen molar-refractivity contribution >= 4 is 29.4 Å². The normalized spacial score (nSPS) is 18.3. The molecule has 38 heavy (non-hydrogen) atoms. The summed E-state index contributed by atoms with van der Waals surface area (Å²) in [6.45, 7) is 8.72. The third kappa shape index (κ3) is 7.71. The van der Waals surface area contributed by atoms with Crippen LogP contribution in [0, 0.1) is 11.3 Å². The van der Waals surface area contributed by atoms with Crippen molar-refractivity contribution in [3.05, 3.63) is 65.2 Å². The Labute approximate surface area is 223 Å². The topological polar surface area (TPSA) is 157 Å². The number of hydrogen-bond donors (Lipinski definition) is 4. The molecule has 1 aliphatic carbocycles. The second kappa shape index (κ2) is 12.4. The lowest BCUT2D eigenvalue weighted by Crippen LogP contribution is -2.79. The van der Waals surface area contributed by atoms with Gasteiger partial charge in [0.1, 0.15) is 0 Å². The monoisotopic (exact) mass is 520 g/mol. The van der Waals surface area contributed by atoms with Crippen molar-refractivity contribution < 1.29 is 19.4 Å². The number of anilines is 1. The Balaban J connectivity index is 1.78. The second-order valence-electron chi connectivity index (χ2n) is 10.8. The number of benzene rings is 2. The number of carbonyl (C=O) groups excluding carboxylic acids is 3. The molecular formula is C28H38N7O3+. The number of amides is 3. The lowest BCUT2D eigenvalue weighted by Gasteiger charge is -2.41. The number of nitrogens with one attached hydrogen (secondary N) is 2. The van der Waals surface area contributed by atoms with Crippen molar-refractivity contribution in [1.29, 1.82) is 0 Å². The van der Waals surface area contributed by atoms with E-state index in [2.05, 4.69) is 41.4 Å². The van der Waals surface area contributed by atoms with Crippen LogP contribution in [-0.4, -0.2) is 34.6 Å². The smallest absolute Gasteiger partial charge is 0.317 e. The van der Waals surface area contributed by atoms with Crippen LogP contribution in [0.4, 0.5) is 10.5 Å². The fraction of sp³-hybridized carbons (Fsp3) is 0.429. The standard InChI is InChI=1S/C28H37N7O3/c1-18(36)20-9-13-23(14-10-20)31-27(38)35(24-15-11-22(12-16-24)28(2,3)4)17-19-5-7-21(8-6-19)25(37)32-26(29)33-34-30/h5-10,13-14,22,24H,11-12,15-17H2,1-4H3,(H,31,38)(H4,29,30,32,33,37)/p+1. The molecule has 10 heteroatoms. The molecule has 202 valence electrons. The first kappa shape index (κ1) is 28.5. The third-order valence-corrected chi connectivity index (χ3v) is 7.14. The summed E-state index contributed by atoms with van der Waals surface area (Å²) in [5, 5.41) is 9.42. The minimum atomic E-state index is -0.439. The summed E-state index contributed by atoms with van der Waals surface area (Å²) < 4.78 is 0. The minimum Gasteiger partial charge on any atom is -0.317 e. The Hall–Kier alpha value is -4.08. The van der Waals surface area contributed by atoms with Crippen molar-refractivity contribution in [1.82, 2.24) is 4.90 Å². The summed E-state index contributed by atoms with van der Waals surface area (Å²) in [5.74, 6) is 4.89. The van der Waals surface area contributed by atoms with Gasteiger partial charge < -0.3 is 10.2 Å². The van der Waals surface area contributed by atoms with Gasteiger partial charge in [-0.1, -0.05) is 32.9 Å². The van der Waals surface area contributed by atoms with E-state index in [4.69, 9.17) is 11.6 Å². The number of hydrogen-bond acceptors (Lipinski definition) is 4. The van der Waals surface area contributed by atoms with E-state index >= 15 is 0 Å². The SMILES string of the molecule is CC(=O)c1ccc(NC(=O)N(Cc2ccc(C(=O)[NH+]=C(N)/N=N\N)cc2)C2CCC(C(C)(C)C)CC2)cc1. The van der Waals surface area contributed by atoms with E-state index in [1.54, 1.807) is 36.4 Å². The summed E-state index contributed by atoms with van der Waals surface area (Å²) in [6.07, 6.45) is 3.96. The minimum absolute atomic E-state index is 0.0263. The fourth-order valence-electron chi connectivity index (χ4n) is 4.84. The summed E-state index contributed by atoms with van der Waals surface area (Å²) in [6, 6.07) is 13.8. The molecule has 0 aliphatic heterocycles. The Morgan fingerprint density at radius 2 is 1.55 bits per heavy atom. The molecule has 2 aromatic rings. The van der Waals surface area contributed by atoms with E-state index < -0.39 is 5.91 Å². The lowest BCUT2D eigenvalue weighted by atomic mass is 9.71. The summed E-state index contributed by atoms with van der Waals surface area (Å²) in [4.78, 5) is 41.7. The lowest BCUT2D eigenvalue weighted by molar-refractivity contribution is -0.347. The van der Waals surface area contributed by atoms with Gasteiger partial charge >= 0.3 is 17.9 Å². The van der Waals surface area contributed by atoms with E-state index in [0.29, 0.717) is 29.3 Å². The summed E-state index contributed by atoms with van der Waals surface area (Å²) in [7, 11) is 0. The molecule has 3 rings (SSSR count). The Morgan fingerprint density at radius 3 is 2.08 bits per heavy atom. The second-order valence-corrected chi connectivity index (χ2v) is 10.8. The largest absolute Gasteiger partial charge is 0.414 e. The first-order chi connectivity index (χ1) is 18.0. The quantitative estimate of drug-likeness (QED) is 0.115. The number of guanidine groups is 1. The van der Waals surface area contributed by atoms with Crippen LogP contribution >= 0.6 is 0 Å². The number of rotatable bonds is 6. The van der Waals surface area contributed by atoms with E-state index in [0.717, 1.165) is 31.2 Å². The number of nitrogens with two attached hydrogens (primary N) is 2. The molecule has 0 heterocycles. The molecule has 1 fully saturated rings. The molecule has 0 spiro atoms. The van der Waals surface area contributed by atoms with Crippen LogP contribution < -0.4 is 21.9 Å². The highest BCUT2D eigenvalue weighted by Crippen LogP contribution is 2.39. The van der Waals surface area contributed by atoms with Gasteiger partial charge in [0.05, 0.1) is 10.7 Å². The van der Waals surface area contributed by atoms with E-state index in [1.165, 1.54) is 6.92 Å². The molecule has 0 saturated heterocycles. The molecular weight excluding hydrogens is 482 g/mol. The van der Waals surface area contributed by atoms with Gasteiger partial charge in [0.25, 0.3) is 0 Å². The van der Waals surface area contributed by atoms with Crippen LogP contribution in [0.2, 0.25) is 0 Å². The van der Waals surface area contributed by atoms with Gasteiger partial charge in [-0.05, 0) is 85.9 Å². The number of Topliss-reactive ketones (excluding diaryl/α,β-unsaturated/α-hetero) is 1. The highest BCUT2D eigenvalue weighted by Gasteiger charge is 2.33. The maximum absolute atomic E-state index is 13.5. The van der Waals surface area contributed by atoms with E-state index in [1.807, 2.05) is 17.0 Å². The van der Waals surface area contributed by atoms with Gasteiger partial charge in [-0.25, -0.2) is 9.79 Å². The molecule has 10 nitrogen and oxygen atoms in total. The zero-order valence-corrected chi connectivity index (χ0v) is 22.5. The Morgan fingerprint density at radius 1 is 0.974 bits per heavy atom. The van der Waals surface area contributed by atoms with Crippen LogP contribution in [0.5, 0.6) is 0 Å². The average molecular weight is 521 g/mol. The van der Waals surface area contributed by atoms with E-state index in [-0.39, 0.29) is 29.2 Å². The maximum atomic E-state index is 13.5. The number of urea groups is 1. The molecule has 3 amide bonds. The summed E-state index contributed by atoms with van der Waals surface area (Å²) in [5.41, 5.74) is 8.26. The molecule has 0 bridgehead atoms. The third-order valence-electron chi connectivity index (χ3n) is 7.14. The van der Waals surface area contributed by atoms with Crippen molar-refractivity contribution in [2.75, 3.05) is 5.32 Å². The zero-order valence-electron chi connectivity index (χ0n) is 22.5. The number of carbonyl (C=O) groups is 3. The van der Waals surface area contributed by atoms with Crippen molar-refractivity contribution in [2.24, 2.45) is 33.2 Å². The van der Waals surface area contributed by atoms with E-state index in [9.17, 15) is 14.4 Å². The Kier molecular flexibility index (Phi) is 9.33. The van der Waals surface area contributed by atoms with Crippen LogP contribution in [0.25, 0.3) is 0 Å². The molecule has 0 unspecified atom stereocenters. The van der Waals surface area contributed by atoms with Gasteiger partial charge in [-0.15, -0.1) is 0 Å². The van der Waals surface area contributed by atoms with Gasteiger partial charge in [0, 0.05) is 29.1 Å². The molecule has 1 saturated carbocycles. The summed E-state index contributed by atoms with van der Waals surface area (Å²) >= 11 is 0. The molecule has 0 atom stereocenters. The van der Waals surface area contributed by atoms with Gasteiger partial charge in [-0.2, -0.15) is 0 Å². The maximum Gasteiger partial charge on any atom is 0.414 e. The molecule has 1 aliphatic rings. The van der Waals surface area contributed by atoms with Crippen LogP contribution in [0.15, 0.2) is 58.9 Å². The van der Waals surface area contributed by atoms with Crippen LogP contribution in [0.1, 0.15) is 79.7 Å². The van der Waals surface area contributed by atoms with Crippen LogP contribution in [-0.2, 0) is 6.54 Å². The highest BCUT2D eigenvalue weighted by atomic mass is 16.2. The van der Waals surface area contributed by atoms with Gasteiger partial charge in [-0.3, -0.25) is 21.2 Å². The van der Waals surface area contributed by atoms with Gasteiger partial charge in [0.15, 0.2) is 5.78 Å². The van der Waals surface area contributed by atoms with Gasteiger partial charge in [0.2, 0.25) is 0 Å². The first-order valence-electron chi connectivity index (χ1n) is 12.8. The van der Waals surface area contributed by atoms with Crippen molar-refractivity contribution in [3.63, 3.8) is 0 Å². The highest BCUT2D eigenvalue weighted by molar-refractivity contribution is 5.95. The molecule has 6 N–H and O–H groups in total. The van der Waals surface area contributed by atoms with Crippen molar-refractivity contribution in [3.8, 4) is 0 Å². The molecule has 2 aromatic carbocycles. The first-order valence-corrected chi connectivity index (χ1v) is 12.8. The predicted octanol–water partition coefficient (Wildman–Crippen LogP) is 3.39. The Bertz CT molecular complexity index is 1190. The fourth-order valence-corrected chi connectivity index (χ4v) is 4.84. The average Bonchev–Trinajstić information content (AvgIpc) is 2.87. The number of ketones is 1. The number of nitrogens with zero attached hydrogens (tertiary/aromatic N) is 3. The molecule has 0 aromatic heterocycles. The van der Waals surface area contributed by atoms with Crippen molar-refractivity contribution in [2.45, 2.75) is 66.0 Å². The zero-order chi connectivity index (χ0) is 27.9. The predicted molar refractivity (Wildman–Crippen MR) is 146 cm³/mol. The van der Waals surface area contributed by atoms with Crippen LogP contribution in [0.3, 0.4) is 0 Å².